The molecule has 2 atom stereocenters. The van der Waals surface area contributed by atoms with Crippen molar-refractivity contribution in [3.8, 4) is 5.75 Å². The topological polar surface area (TPSA) is 111 Å². The van der Waals surface area contributed by atoms with Crippen LogP contribution in [0.15, 0.2) is 58.4 Å². The number of hydrogen-bond donors (Lipinski definition) is 1. The molecular weight excluding hydrogens is 536 g/mol. The standard InChI is InChI=1S/C26H21F2N3O7S/c27-17-6-5-14-16(21(17)28)12-39-19-4-2-1-3-15(19)22(14)31-20-11-36-10-9-29(20)25(33)23-24(37-13-38-26(34)35)18(32)7-8-30(23)31/h1-8,20,22H,9-13H2,(H,34,35)/t20-,22+/m1/s1. The van der Waals surface area contributed by atoms with Gasteiger partial charge in [-0.15, -0.1) is 11.8 Å². The first-order valence-electron chi connectivity index (χ1n) is 12.0. The Morgan fingerprint density at radius 3 is 2.77 bits per heavy atom. The van der Waals surface area contributed by atoms with Crippen molar-refractivity contribution in [2.45, 2.75) is 22.9 Å². The normalized spacial score (nSPS) is 19.8. The Balaban J connectivity index is 1.60. The number of halogens is 2. The molecule has 1 N–H and O–H groups in total. The Hall–Kier alpha value is -4.10. The van der Waals surface area contributed by atoms with Crippen molar-refractivity contribution in [2.75, 3.05) is 31.6 Å². The van der Waals surface area contributed by atoms with Crippen LogP contribution in [0.2, 0.25) is 0 Å². The third-order valence-electron chi connectivity index (χ3n) is 6.92. The van der Waals surface area contributed by atoms with E-state index < -0.39 is 48.1 Å². The fourth-order valence-electron chi connectivity index (χ4n) is 5.25. The highest BCUT2D eigenvalue weighted by Gasteiger charge is 2.46. The summed E-state index contributed by atoms with van der Waals surface area (Å²) in [6, 6.07) is 10.5. The third-order valence-corrected chi connectivity index (χ3v) is 8.03. The molecule has 1 saturated heterocycles. The summed E-state index contributed by atoms with van der Waals surface area (Å²) in [6.07, 6.45) is -0.877. The average molecular weight is 558 g/mol. The van der Waals surface area contributed by atoms with Crippen molar-refractivity contribution in [3.05, 3.63) is 92.9 Å². The number of carbonyl (C=O) groups is 2. The maximum Gasteiger partial charge on any atom is 0.508 e. The molecule has 3 aromatic rings. The van der Waals surface area contributed by atoms with Gasteiger partial charge in [0.05, 0.1) is 19.3 Å². The minimum absolute atomic E-state index is 0.112. The van der Waals surface area contributed by atoms with Gasteiger partial charge in [0.1, 0.15) is 6.17 Å². The highest BCUT2D eigenvalue weighted by Crippen LogP contribution is 2.45. The molecule has 3 aliphatic heterocycles. The lowest BCUT2D eigenvalue weighted by atomic mass is 9.93. The second-order valence-corrected chi connectivity index (χ2v) is 9.98. The van der Waals surface area contributed by atoms with Crippen molar-refractivity contribution < 1.29 is 37.7 Å². The Morgan fingerprint density at radius 1 is 1.13 bits per heavy atom. The van der Waals surface area contributed by atoms with Crippen LogP contribution in [0.3, 0.4) is 0 Å². The molecule has 0 saturated carbocycles. The fraction of sp³-hybridized carbons (Fsp3) is 0.269. The van der Waals surface area contributed by atoms with Crippen LogP contribution in [0.5, 0.6) is 5.75 Å². The molecule has 0 aliphatic carbocycles. The third kappa shape index (κ3) is 4.17. The van der Waals surface area contributed by atoms with Crippen LogP contribution in [0, 0.1) is 11.6 Å². The summed E-state index contributed by atoms with van der Waals surface area (Å²) in [5.41, 5.74) is 0.671. The number of ether oxygens (including phenoxy) is 3. The van der Waals surface area contributed by atoms with Crippen molar-refractivity contribution in [2.24, 2.45) is 0 Å². The first-order valence-corrected chi connectivity index (χ1v) is 13.0. The zero-order valence-electron chi connectivity index (χ0n) is 20.2. The predicted octanol–water partition coefficient (Wildman–Crippen LogP) is 3.30. The van der Waals surface area contributed by atoms with Gasteiger partial charge in [-0.25, -0.2) is 13.6 Å². The number of carbonyl (C=O) groups excluding carboxylic acids is 1. The van der Waals surface area contributed by atoms with E-state index in [1.165, 1.54) is 39.7 Å². The maximum absolute atomic E-state index is 15.2. The number of thioether (sulfide) groups is 1. The van der Waals surface area contributed by atoms with Gasteiger partial charge in [-0.3, -0.25) is 19.3 Å². The van der Waals surface area contributed by atoms with E-state index in [9.17, 15) is 18.8 Å². The van der Waals surface area contributed by atoms with E-state index in [2.05, 4.69) is 4.74 Å². The molecule has 10 nitrogen and oxygen atoms in total. The molecule has 0 spiro atoms. The highest BCUT2D eigenvalue weighted by molar-refractivity contribution is 7.98. The van der Waals surface area contributed by atoms with E-state index in [4.69, 9.17) is 14.6 Å². The van der Waals surface area contributed by atoms with E-state index in [-0.39, 0.29) is 42.5 Å². The fourth-order valence-corrected chi connectivity index (χ4v) is 6.36. The molecule has 202 valence electrons. The number of aromatic nitrogens is 1. The largest absolute Gasteiger partial charge is 0.508 e. The number of amides is 1. The van der Waals surface area contributed by atoms with Crippen molar-refractivity contribution in [3.63, 3.8) is 0 Å². The number of hydrogen-bond acceptors (Lipinski definition) is 8. The summed E-state index contributed by atoms with van der Waals surface area (Å²) >= 11 is 1.37. The smallest absolute Gasteiger partial charge is 0.451 e. The van der Waals surface area contributed by atoms with Crippen LogP contribution in [0.25, 0.3) is 0 Å². The lowest BCUT2D eigenvalue weighted by Crippen LogP contribution is -2.66. The number of morpholine rings is 1. The van der Waals surface area contributed by atoms with Gasteiger partial charge < -0.3 is 24.2 Å². The molecule has 1 amide bonds. The summed E-state index contributed by atoms with van der Waals surface area (Å²) in [6.45, 7) is -0.251. The molecule has 3 aliphatic rings. The van der Waals surface area contributed by atoms with E-state index in [1.54, 1.807) is 5.01 Å². The Bertz CT molecular complexity index is 1550. The molecule has 39 heavy (non-hydrogen) atoms. The minimum Gasteiger partial charge on any atom is -0.451 e. The van der Waals surface area contributed by atoms with Gasteiger partial charge >= 0.3 is 6.16 Å². The molecule has 0 radical (unpaired) electrons. The van der Waals surface area contributed by atoms with E-state index in [1.807, 2.05) is 24.3 Å². The number of rotatable bonds is 4. The number of nitrogens with zero attached hydrogens (tertiary/aromatic N) is 3. The summed E-state index contributed by atoms with van der Waals surface area (Å²) in [7, 11) is 0. The lowest BCUT2D eigenvalue weighted by Gasteiger charge is -2.51. The van der Waals surface area contributed by atoms with Crippen LogP contribution < -0.4 is 15.2 Å². The van der Waals surface area contributed by atoms with Crippen LogP contribution in [0.4, 0.5) is 13.6 Å². The van der Waals surface area contributed by atoms with Gasteiger partial charge in [-0.1, -0.05) is 24.3 Å². The Kier molecular flexibility index (Phi) is 6.39. The van der Waals surface area contributed by atoms with E-state index in [0.29, 0.717) is 5.56 Å². The first-order chi connectivity index (χ1) is 18.9. The van der Waals surface area contributed by atoms with Crippen LogP contribution in [0.1, 0.15) is 33.2 Å². The summed E-state index contributed by atoms with van der Waals surface area (Å²) in [5, 5.41) is 10.6. The predicted molar refractivity (Wildman–Crippen MR) is 133 cm³/mol. The molecule has 1 aromatic heterocycles. The van der Waals surface area contributed by atoms with Crippen molar-refractivity contribution >= 4 is 23.8 Å². The van der Waals surface area contributed by atoms with Crippen LogP contribution >= 0.6 is 11.8 Å². The van der Waals surface area contributed by atoms with Crippen LogP contribution in [-0.2, 0) is 15.2 Å². The van der Waals surface area contributed by atoms with Gasteiger partial charge in [0.15, 0.2) is 17.3 Å². The zero-order chi connectivity index (χ0) is 27.3. The van der Waals surface area contributed by atoms with Crippen molar-refractivity contribution in [1.29, 1.82) is 0 Å². The lowest BCUT2D eigenvalue weighted by molar-refractivity contribution is -0.0207. The average Bonchev–Trinajstić information content (AvgIpc) is 3.09. The first kappa shape index (κ1) is 25.2. The summed E-state index contributed by atoms with van der Waals surface area (Å²) < 4.78 is 46.6. The second kappa shape index (κ2) is 9.89. The highest BCUT2D eigenvalue weighted by atomic mass is 32.2. The molecule has 6 rings (SSSR count). The summed E-state index contributed by atoms with van der Waals surface area (Å²) in [4.78, 5) is 39.8. The number of benzene rings is 2. The quantitative estimate of drug-likeness (QED) is 0.382. The van der Waals surface area contributed by atoms with Gasteiger partial charge in [0, 0.05) is 35.0 Å². The Labute approximate surface area is 224 Å². The van der Waals surface area contributed by atoms with Crippen LogP contribution in [-0.4, -0.2) is 59.5 Å². The molecule has 0 bridgehead atoms. The second-order valence-electron chi connectivity index (χ2n) is 8.97. The van der Waals surface area contributed by atoms with Gasteiger partial charge in [0.25, 0.3) is 5.91 Å². The number of carboxylic acid groups (broad SMARTS) is 1. The Morgan fingerprint density at radius 2 is 1.95 bits per heavy atom. The number of pyridine rings is 1. The van der Waals surface area contributed by atoms with Gasteiger partial charge in [-0.2, -0.15) is 0 Å². The minimum atomic E-state index is -1.61. The maximum atomic E-state index is 15.2. The number of fused-ring (bicyclic) bond motifs is 4. The van der Waals surface area contributed by atoms with Crippen molar-refractivity contribution in [1.82, 2.24) is 9.58 Å². The summed E-state index contributed by atoms with van der Waals surface area (Å²) in [5.74, 6) is -2.64. The van der Waals surface area contributed by atoms with E-state index >= 15 is 4.39 Å². The molecule has 0 unspecified atom stereocenters. The monoisotopic (exact) mass is 557 g/mol. The zero-order valence-corrected chi connectivity index (χ0v) is 21.0. The molecule has 4 heterocycles. The molecule has 2 aromatic carbocycles. The molecule has 13 heteroatoms. The SMILES string of the molecule is O=C(O)OCOc1c2n(ccc1=O)N([C@@H]1c3ccccc3SCc3c1ccc(F)c3F)[C@@H]1COCCN1C2=O. The van der Waals surface area contributed by atoms with E-state index in [0.717, 1.165) is 16.5 Å². The molecular formula is C26H21F2N3O7S. The van der Waals surface area contributed by atoms with Gasteiger partial charge in [0.2, 0.25) is 18.0 Å². The van der Waals surface area contributed by atoms with Gasteiger partial charge in [-0.05, 0) is 23.3 Å². The molecule has 1 fully saturated rings.